The smallest absolute Gasteiger partial charge is 0.331 e. The summed E-state index contributed by atoms with van der Waals surface area (Å²) in [4.78, 5) is 71.4. The predicted molar refractivity (Wildman–Crippen MR) is 131 cm³/mol. The molecule has 0 radical (unpaired) electrons. The summed E-state index contributed by atoms with van der Waals surface area (Å²) in [6, 6.07) is 4.42. The number of aliphatic hydroxyl groups is 1. The Balaban J connectivity index is 2.42. The van der Waals surface area contributed by atoms with E-state index in [4.69, 9.17) is 33.2 Å². The van der Waals surface area contributed by atoms with Gasteiger partial charge in [0, 0.05) is 40.7 Å². The highest BCUT2D eigenvalue weighted by Gasteiger charge is 2.58. The van der Waals surface area contributed by atoms with E-state index in [1.54, 1.807) is 0 Å². The van der Waals surface area contributed by atoms with Crippen LogP contribution in [0.25, 0.3) is 6.08 Å². The number of hydrogen-bond acceptors (Lipinski definition) is 14. The van der Waals surface area contributed by atoms with Crippen LogP contribution in [0, 0.1) is 0 Å². The highest BCUT2D eigenvalue weighted by atomic mass is 16.7. The first kappa shape index (κ1) is 31.8. The zero-order chi connectivity index (χ0) is 30.1. The largest absolute Gasteiger partial charge is 0.493 e. The molecule has 0 heterocycles. The van der Waals surface area contributed by atoms with Gasteiger partial charge in [0.2, 0.25) is 0 Å². The Morgan fingerprint density at radius 3 is 1.55 bits per heavy atom. The Morgan fingerprint density at radius 1 is 0.650 bits per heavy atom. The maximum atomic E-state index is 12.8. The lowest BCUT2D eigenvalue weighted by atomic mass is 9.84. The molecule has 0 aliphatic heterocycles. The molecule has 1 aliphatic carbocycles. The van der Waals surface area contributed by atoms with E-state index in [-0.39, 0.29) is 11.5 Å². The summed E-state index contributed by atoms with van der Waals surface area (Å²) in [5, 5.41) is 11.0. The number of aliphatic hydroxyl groups excluding tert-OH is 1. The Bertz CT molecular complexity index is 1170. The van der Waals surface area contributed by atoms with Gasteiger partial charge in [0.1, 0.15) is 6.10 Å². The lowest BCUT2D eigenvalue weighted by molar-refractivity contribution is -0.254. The zero-order valence-corrected chi connectivity index (χ0v) is 22.6. The van der Waals surface area contributed by atoms with E-state index < -0.39 is 72.4 Å². The lowest BCUT2D eigenvalue weighted by Crippen LogP contribution is -2.68. The van der Waals surface area contributed by atoms with Gasteiger partial charge in [-0.1, -0.05) is 6.07 Å². The van der Waals surface area contributed by atoms with Crippen LogP contribution in [0.2, 0.25) is 0 Å². The van der Waals surface area contributed by atoms with E-state index in [2.05, 4.69) is 0 Å². The predicted octanol–water partition coefficient (Wildman–Crippen LogP) is 0.647. The SMILES string of the molecule is COc1cc(/C=C/C(=O)O[C@@H]2[C@H](O)[C@H](OC(C)=O)[C@@H](OC(C)=O)[C@H](OC(C)=O)[C@H]2OC(C)=O)ccc1OC(C)=O. The lowest BCUT2D eigenvalue weighted by Gasteiger charge is -2.45. The molecule has 6 atom stereocenters. The number of carbonyl (C=O) groups is 6. The number of hydrogen-bond donors (Lipinski definition) is 1. The van der Waals surface area contributed by atoms with Crippen LogP contribution in [0.1, 0.15) is 40.2 Å². The van der Waals surface area contributed by atoms with Crippen LogP contribution in [0.15, 0.2) is 24.3 Å². The van der Waals surface area contributed by atoms with E-state index in [0.717, 1.165) is 33.8 Å². The van der Waals surface area contributed by atoms with Crippen molar-refractivity contribution in [2.24, 2.45) is 0 Å². The number of carbonyl (C=O) groups excluding carboxylic acids is 6. The van der Waals surface area contributed by atoms with Crippen molar-refractivity contribution in [1.29, 1.82) is 0 Å². The number of benzene rings is 1. The number of ether oxygens (including phenoxy) is 7. The van der Waals surface area contributed by atoms with Crippen molar-refractivity contribution in [3.63, 3.8) is 0 Å². The molecule has 14 nitrogen and oxygen atoms in total. The fraction of sp³-hybridized carbons (Fsp3) is 0.462. The Morgan fingerprint density at radius 2 is 1.10 bits per heavy atom. The molecule has 0 saturated heterocycles. The summed E-state index contributed by atoms with van der Waals surface area (Å²) in [6.45, 7) is 5.29. The molecule has 40 heavy (non-hydrogen) atoms. The molecule has 1 N–H and O–H groups in total. The molecule has 1 saturated carbocycles. The highest BCUT2D eigenvalue weighted by Crippen LogP contribution is 2.33. The molecule has 2 rings (SSSR count). The van der Waals surface area contributed by atoms with Crippen molar-refractivity contribution < 1.29 is 67.0 Å². The van der Waals surface area contributed by atoms with Gasteiger partial charge in [-0.05, 0) is 23.8 Å². The number of methoxy groups -OCH3 is 1. The van der Waals surface area contributed by atoms with Gasteiger partial charge in [0.25, 0.3) is 0 Å². The summed E-state index contributed by atoms with van der Waals surface area (Å²) in [6.07, 6.45) is -7.90. The Hall–Kier alpha value is -4.46. The first-order valence-electron chi connectivity index (χ1n) is 11.9. The minimum absolute atomic E-state index is 0.152. The van der Waals surface area contributed by atoms with E-state index in [0.29, 0.717) is 5.56 Å². The summed E-state index contributed by atoms with van der Waals surface area (Å²) < 4.78 is 36.3. The van der Waals surface area contributed by atoms with Crippen molar-refractivity contribution in [1.82, 2.24) is 0 Å². The second-order valence-corrected chi connectivity index (χ2v) is 8.53. The monoisotopic (exact) mass is 566 g/mol. The Kier molecular flexibility index (Phi) is 11.2. The molecule has 1 aromatic rings. The van der Waals surface area contributed by atoms with E-state index >= 15 is 0 Å². The van der Waals surface area contributed by atoms with Crippen molar-refractivity contribution in [2.75, 3.05) is 7.11 Å². The molecule has 0 amide bonds. The average Bonchev–Trinajstić information content (AvgIpc) is 2.84. The molecular weight excluding hydrogens is 536 g/mol. The van der Waals surface area contributed by atoms with Crippen LogP contribution in [0.4, 0.5) is 0 Å². The first-order chi connectivity index (χ1) is 18.7. The average molecular weight is 567 g/mol. The molecule has 0 aromatic heterocycles. The second-order valence-electron chi connectivity index (χ2n) is 8.53. The maximum Gasteiger partial charge on any atom is 0.331 e. The molecule has 1 aromatic carbocycles. The molecule has 0 bridgehead atoms. The molecule has 0 unspecified atom stereocenters. The van der Waals surface area contributed by atoms with Gasteiger partial charge in [0.15, 0.2) is 42.0 Å². The van der Waals surface area contributed by atoms with Crippen molar-refractivity contribution >= 4 is 41.9 Å². The minimum atomic E-state index is -1.88. The van der Waals surface area contributed by atoms with Gasteiger partial charge in [0.05, 0.1) is 7.11 Å². The van der Waals surface area contributed by atoms with E-state index in [1.165, 1.54) is 38.3 Å². The van der Waals surface area contributed by atoms with Gasteiger partial charge in [-0.3, -0.25) is 24.0 Å². The van der Waals surface area contributed by atoms with Crippen LogP contribution in [-0.2, 0) is 52.5 Å². The fourth-order valence-electron chi connectivity index (χ4n) is 3.94. The van der Waals surface area contributed by atoms with Crippen LogP contribution in [0.5, 0.6) is 11.5 Å². The van der Waals surface area contributed by atoms with Crippen LogP contribution >= 0.6 is 0 Å². The topological polar surface area (TPSA) is 187 Å². The maximum absolute atomic E-state index is 12.8. The van der Waals surface area contributed by atoms with Crippen LogP contribution in [-0.4, -0.2) is 84.7 Å². The summed E-state index contributed by atoms with van der Waals surface area (Å²) in [5.41, 5.74) is 0.427. The molecule has 0 spiro atoms. The van der Waals surface area contributed by atoms with Gasteiger partial charge in [-0.15, -0.1) is 0 Å². The van der Waals surface area contributed by atoms with Crippen molar-refractivity contribution in [3.05, 3.63) is 29.8 Å². The molecule has 1 fully saturated rings. The minimum Gasteiger partial charge on any atom is -0.493 e. The van der Waals surface area contributed by atoms with Crippen LogP contribution in [0.3, 0.4) is 0 Å². The quantitative estimate of drug-likeness (QED) is 0.190. The standard InChI is InChI=1S/C26H30O14/c1-12(27)35-18-9-7-17(11-19(18)34-6)8-10-20(32)40-23-21(33)22(36-13(2)28)24(37-14(3)29)26(39-16(5)31)25(23)38-15(4)30/h7-11,21-26,33H,1-6H3/b10-8+/t21-,22+,23-,24-,25+,26+/m1/s1. The molecule has 1 aliphatic rings. The highest BCUT2D eigenvalue weighted by molar-refractivity contribution is 5.87. The molecule has 14 heteroatoms. The second kappa shape index (κ2) is 14.1. The summed E-state index contributed by atoms with van der Waals surface area (Å²) in [7, 11) is 1.35. The number of rotatable bonds is 9. The van der Waals surface area contributed by atoms with Gasteiger partial charge in [-0.25, -0.2) is 4.79 Å². The Labute approximate surface area is 229 Å². The van der Waals surface area contributed by atoms with Gasteiger partial charge < -0.3 is 38.3 Å². The normalized spacial score (nSPS) is 23.9. The van der Waals surface area contributed by atoms with Crippen molar-refractivity contribution in [2.45, 2.75) is 71.2 Å². The summed E-state index contributed by atoms with van der Waals surface area (Å²) >= 11 is 0. The third kappa shape index (κ3) is 8.80. The zero-order valence-electron chi connectivity index (χ0n) is 22.6. The van der Waals surface area contributed by atoms with Crippen molar-refractivity contribution in [3.8, 4) is 11.5 Å². The molecule has 218 valence electrons. The first-order valence-corrected chi connectivity index (χ1v) is 11.9. The fourth-order valence-corrected chi connectivity index (χ4v) is 3.94. The van der Waals surface area contributed by atoms with Gasteiger partial charge >= 0.3 is 35.8 Å². The van der Waals surface area contributed by atoms with Gasteiger partial charge in [-0.2, -0.15) is 0 Å². The third-order valence-electron chi connectivity index (χ3n) is 5.28. The van der Waals surface area contributed by atoms with Crippen LogP contribution < -0.4 is 9.47 Å². The van der Waals surface area contributed by atoms with E-state index in [1.807, 2.05) is 0 Å². The molecular formula is C26H30O14. The number of esters is 6. The third-order valence-corrected chi connectivity index (χ3v) is 5.28. The van der Waals surface area contributed by atoms with E-state index in [9.17, 15) is 33.9 Å². The summed E-state index contributed by atoms with van der Waals surface area (Å²) in [5.74, 6) is -4.84.